The summed E-state index contributed by atoms with van der Waals surface area (Å²) < 4.78 is 10.2. The van der Waals surface area contributed by atoms with Crippen molar-refractivity contribution in [3.63, 3.8) is 0 Å². The summed E-state index contributed by atoms with van der Waals surface area (Å²) in [6, 6.07) is 8.80. The van der Waals surface area contributed by atoms with Crippen molar-refractivity contribution >= 4 is 12.4 Å². The Morgan fingerprint density at radius 2 is 1.95 bits per heavy atom. The zero-order valence-electron chi connectivity index (χ0n) is 11.9. The van der Waals surface area contributed by atoms with Crippen LogP contribution >= 0.6 is 0 Å². The van der Waals surface area contributed by atoms with Gasteiger partial charge in [0.2, 0.25) is 0 Å². The largest absolute Gasteiger partial charge is 0.460 e. The molecule has 0 aliphatic heterocycles. The van der Waals surface area contributed by atoms with Crippen molar-refractivity contribution in [2.24, 2.45) is 0 Å². The van der Waals surface area contributed by atoms with E-state index >= 15 is 0 Å². The van der Waals surface area contributed by atoms with E-state index in [1.165, 1.54) is 0 Å². The average molecular weight is 276 g/mol. The fourth-order valence-corrected chi connectivity index (χ4v) is 2.01. The molecule has 1 saturated carbocycles. The number of esters is 1. The Morgan fingerprint density at radius 1 is 1.30 bits per heavy atom. The summed E-state index contributed by atoms with van der Waals surface area (Å²) in [6.45, 7) is 8.21. The highest BCUT2D eigenvalue weighted by atomic mass is 16.6. The van der Waals surface area contributed by atoms with Crippen LogP contribution in [-0.2, 0) is 14.3 Å². The zero-order chi connectivity index (χ0) is 15.0. The molecule has 0 radical (unpaired) electrons. The van der Waals surface area contributed by atoms with Gasteiger partial charge in [-0.2, -0.15) is 0 Å². The number of hydrogen-bond donors (Lipinski definition) is 0. The summed E-state index contributed by atoms with van der Waals surface area (Å²) in [4.78, 5) is 22.1. The summed E-state index contributed by atoms with van der Waals surface area (Å²) in [7, 11) is 0. The van der Waals surface area contributed by atoms with Crippen LogP contribution in [0, 0.1) is 0 Å². The number of benzene rings is 1. The molecule has 20 heavy (non-hydrogen) atoms. The average Bonchev–Trinajstić information content (AvgIpc) is 2.82. The molecule has 0 N–H and O–H groups in total. The predicted octanol–water partition coefficient (Wildman–Crippen LogP) is 3.13. The molecule has 1 fully saturated rings. The van der Waals surface area contributed by atoms with E-state index in [0.29, 0.717) is 24.9 Å². The number of ether oxygens (including phenoxy) is 2. The highest BCUT2D eigenvalue weighted by Gasteiger charge is 2.32. The Bertz CT molecular complexity index is 453. The molecule has 1 aromatic carbocycles. The van der Waals surface area contributed by atoms with Crippen molar-refractivity contribution in [2.75, 3.05) is 0 Å². The van der Waals surface area contributed by atoms with Crippen molar-refractivity contribution in [1.82, 2.24) is 0 Å². The van der Waals surface area contributed by atoms with Crippen LogP contribution in [0.4, 0.5) is 0 Å². The number of carbonyl (C=O) groups excluding carboxylic acids is 2. The van der Waals surface area contributed by atoms with Crippen LogP contribution in [0.5, 0.6) is 0 Å². The van der Waals surface area contributed by atoms with Gasteiger partial charge in [-0.3, -0.25) is 4.79 Å². The number of hydrogen-bond acceptors (Lipinski definition) is 4. The summed E-state index contributed by atoms with van der Waals surface area (Å²) in [5.41, 5.74) is 1.30. The van der Waals surface area contributed by atoms with Crippen molar-refractivity contribution < 1.29 is 19.1 Å². The van der Waals surface area contributed by atoms with Crippen molar-refractivity contribution in [1.29, 1.82) is 0 Å². The molecule has 0 amide bonds. The predicted molar refractivity (Wildman–Crippen MR) is 76.3 cm³/mol. The lowest BCUT2D eigenvalue weighted by Gasteiger charge is -2.11. The van der Waals surface area contributed by atoms with Gasteiger partial charge in [-0.1, -0.05) is 38.6 Å². The van der Waals surface area contributed by atoms with Gasteiger partial charge in [0.1, 0.15) is 12.2 Å². The van der Waals surface area contributed by atoms with E-state index in [-0.39, 0.29) is 18.2 Å². The van der Waals surface area contributed by atoms with Crippen molar-refractivity contribution in [3.05, 3.63) is 48.0 Å². The maximum absolute atomic E-state index is 11.8. The molecule has 2 rings (SSSR count). The Kier molecular flexibility index (Phi) is 6.50. The van der Waals surface area contributed by atoms with Crippen LogP contribution in [0.25, 0.3) is 0 Å². The van der Waals surface area contributed by atoms with E-state index < -0.39 is 0 Å². The molecule has 0 unspecified atom stereocenters. The molecule has 0 aromatic heterocycles. The lowest BCUT2D eigenvalue weighted by Crippen LogP contribution is -2.17. The first-order valence-electron chi connectivity index (χ1n) is 6.73. The standard InChI is InChI=1S/C14H14O4.C2H6/c1-10-7-12(8-13(10)17-9-15)18-14(16)11-5-3-2-4-6-11;1-2/h2-6,9,12-13H,1,7-8H2;1-2H3/t12-,13-;/m1./s1. The SMILES string of the molecule is C=C1C[C@@H](OC(=O)c2ccccc2)C[C@H]1OC=O.CC. The molecular formula is C16H20O4. The minimum absolute atomic E-state index is 0.268. The second kappa shape index (κ2) is 8.15. The van der Waals surface area contributed by atoms with Gasteiger partial charge >= 0.3 is 5.97 Å². The first kappa shape index (κ1) is 16.0. The van der Waals surface area contributed by atoms with Gasteiger partial charge in [-0.15, -0.1) is 0 Å². The van der Waals surface area contributed by atoms with E-state index in [2.05, 4.69) is 6.58 Å². The fourth-order valence-electron chi connectivity index (χ4n) is 2.01. The molecule has 0 bridgehead atoms. The molecule has 1 aliphatic rings. The molecule has 0 spiro atoms. The molecule has 0 saturated heterocycles. The third kappa shape index (κ3) is 4.23. The summed E-state index contributed by atoms with van der Waals surface area (Å²) in [5, 5.41) is 0. The number of carbonyl (C=O) groups is 2. The van der Waals surface area contributed by atoms with E-state index in [9.17, 15) is 9.59 Å². The third-order valence-electron chi connectivity index (χ3n) is 2.93. The highest BCUT2D eigenvalue weighted by Crippen LogP contribution is 2.29. The van der Waals surface area contributed by atoms with Crippen molar-refractivity contribution in [3.8, 4) is 0 Å². The van der Waals surface area contributed by atoms with Crippen LogP contribution < -0.4 is 0 Å². The molecule has 4 nitrogen and oxygen atoms in total. The summed E-state index contributed by atoms with van der Waals surface area (Å²) in [6.07, 6.45) is 0.416. The van der Waals surface area contributed by atoms with Gasteiger partial charge in [0.15, 0.2) is 0 Å². The smallest absolute Gasteiger partial charge is 0.338 e. The van der Waals surface area contributed by atoms with Crippen LogP contribution in [0.1, 0.15) is 37.0 Å². The summed E-state index contributed by atoms with van der Waals surface area (Å²) >= 11 is 0. The zero-order valence-corrected chi connectivity index (χ0v) is 11.9. The highest BCUT2D eigenvalue weighted by molar-refractivity contribution is 5.89. The van der Waals surface area contributed by atoms with Gasteiger partial charge in [0.05, 0.1) is 5.56 Å². The first-order valence-corrected chi connectivity index (χ1v) is 6.73. The van der Waals surface area contributed by atoms with E-state index in [4.69, 9.17) is 9.47 Å². The Morgan fingerprint density at radius 3 is 2.55 bits per heavy atom. The minimum atomic E-state index is -0.361. The van der Waals surface area contributed by atoms with Crippen LogP contribution in [0.15, 0.2) is 42.5 Å². The molecule has 1 aromatic rings. The lowest BCUT2D eigenvalue weighted by molar-refractivity contribution is -0.132. The maximum Gasteiger partial charge on any atom is 0.338 e. The Hall–Kier alpha value is -2.10. The van der Waals surface area contributed by atoms with Crippen LogP contribution in [0.2, 0.25) is 0 Å². The third-order valence-corrected chi connectivity index (χ3v) is 2.93. The molecule has 0 heterocycles. The van der Waals surface area contributed by atoms with Gasteiger partial charge in [-0.25, -0.2) is 4.79 Å². The maximum atomic E-state index is 11.8. The molecular weight excluding hydrogens is 256 g/mol. The summed E-state index contributed by atoms with van der Waals surface area (Å²) in [5.74, 6) is -0.361. The monoisotopic (exact) mass is 276 g/mol. The van der Waals surface area contributed by atoms with Crippen LogP contribution in [-0.4, -0.2) is 24.6 Å². The Balaban J connectivity index is 0.000000956. The second-order valence-electron chi connectivity index (χ2n) is 4.21. The van der Waals surface area contributed by atoms with Gasteiger partial charge in [0, 0.05) is 12.8 Å². The fraction of sp³-hybridized carbons (Fsp3) is 0.375. The quantitative estimate of drug-likeness (QED) is 0.481. The van der Waals surface area contributed by atoms with Gasteiger partial charge in [-0.05, 0) is 17.7 Å². The molecule has 108 valence electrons. The van der Waals surface area contributed by atoms with Crippen LogP contribution in [0.3, 0.4) is 0 Å². The first-order chi connectivity index (χ1) is 9.70. The normalized spacial score (nSPS) is 20.6. The van der Waals surface area contributed by atoms with Gasteiger partial charge in [0.25, 0.3) is 6.47 Å². The molecule has 2 atom stereocenters. The van der Waals surface area contributed by atoms with Gasteiger partial charge < -0.3 is 9.47 Å². The minimum Gasteiger partial charge on any atom is -0.460 e. The van der Waals surface area contributed by atoms with E-state index in [0.717, 1.165) is 5.57 Å². The van der Waals surface area contributed by atoms with E-state index in [1.54, 1.807) is 24.3 Å². The second-order valence-corrected chi connectivity index (χ2v) is 4.21. The molecule has 4 heteroatoms. The molecule has 1 aliphatic carbocycles. The van der Waals surface area contributed by atoms with E-state index in [1.807, 2.05) is 19.9 Å². The lowest BCUT2D eigenvalue weighted by atomic mass is 10.2. The topological polar surface area (TPSA) is 52.6 Å². The van der Waals surface area contributed by atoms with Crippen molar-refractivity contribution in [2.45, 2.75) is 38.9 Å². The number of rotatable bonds is 4. The Labute approximate surface area is 119 Å².